The standard InChI is InChI=1S/C16H19FN2O4/c1-10-15(11(2)23-19-10)7-16(21)18-8-13(20)9-22-14-5-3-12(17)4-6-14/h3-6,13,20H,7-9H2,1-2H3,(H,18,21). The number of carbonyl (C=O) groups is 1. The molecule has 0 bridgehead atoms. The number of carbonyl (C=O) groups excluding carboxylic acids is 1. The molecule has 0 aliphatic carbocycles. The van der Waals surface area contributed by atoms with E-state index >= 15 is 0 Å². The minimum absolute atomic E-state index is 0.00274. The molecule has 2 aromatic rings. The lowest BCUT2D eigenvalue weighted by Crippen LogP contribution is -2.36. The van der Waals surface area contributed by atoms with Crippen LogP contribution in [0.5, 0.6) is 5.75 Å². The normalized spacial score (nSPS) is 12.0. The van der Waals surface area contributed by atoms with Gasteiger partial charge in [0.05, 0.1) is 12.1 Å². The van der Waals surface area contributed by atoms with Crippen molar-refractivity contribution in [1.29, 1.82) is 0 Å². The predicted octanol–water partition coefficient (Wildman–Crippen LogP) is 1.53. The Kier molecular flexibility index (Phi) is 5.70. The maximum absolute atomic E-state index is 12.7. The lowest BCUT2D eigenvalue weighted by Gasteiger charge is -2.13. The van der Waals surface area contributed by atoms with Crippen LogP contribution in [-0.2, 0) is 11.2 Å². The van der Waals surface area contributed by atoms with E-state index in [0.717, 1.165) is 5.56 Å². The molecule has 6 nitrogen and oxygen atoms in total. The summed E-state index contributed by atoms with van der Waals surface area (Å²) in [6, 6.07) is 5.48. The Morgan fingerprint density at radius 1 is 1.39 bits per heavy atom. The van der Waals surface area contributed by atoms with E-state index in [1.165, 1.54) is 24.3 Å². The Balaban J connectivity index is 1.72. The Labute approximate surface area is 133 Å². The molecule has 1 amide bonds. The van der Waals surface area contributed by atoms with Crippen LogP contribution in [0.3, 0.4) is 0 Å². The number of rotatable bonds is 7. The molecule has 2 rings (SSSR count). The van der Waals surface area contributed by atoms with Crippen molar-refractivity contribution in [1.82, 2.24) is 10.5 Å². The average Bonchev–Trinajstić information content (AvgIpc) is 2.84. The Bertz CT molecular complexity index is 635. The second-order valence-corrected chi connectivity index (χ2v) is 5.20. The number of amides is 1. The van der Waals surface area contributed by atoms with Gasteiger partial charge >= 0.3 is 0 Å². The molecule has 1 heterocycles. The molecule has 7 heteroatoms. The topological polar surface area (TPSA) is 84.6 Å². The zero-order valence-electron chi connectivity index (χ0n) is 13.0. The highest BCUT2D eigenvalue weighted by atomic mass is 19.1. The molecule has 0 aliphatic rings. The van der Waals surface area contributed by atoms with E-state index in [2.05, 4.69) is 10.5 Å². The first-order chi connectivity index (χ1) is 11.0. The highest BCUT2D eigenvalue weighted by molar-refractivity contribution is 5.79. The van der Waals surface area contributed by atoms with Gasteiger partial charge in [0.15, 0.2) is 0 Å². The van der Waals surface area contributed by atoms with Crippen LogP contribution >= 0.6 is 0 Å². The first-order valence-electron chi connectivity index (χ1n) is 7.20. The molecule has 0 fully saturated rings. The molecule has 1 aromatic carbocycles. The lowest BCUT2D eigenvalue weighted by molar-refractivity contribution is -0.121. The zero-order valence-corrected chi connectivity index (χ0v) is 13.0. The minimum atomic E-state index is -0.867. The summed E-state index contributed by atoms with van der Waals surface area (Å²) < 4.78 is 23.0. The number of benzene rings is 1. The molecule has 0 radical (unpaired) electrons. The largest absolute Gasteiger partial charge is 0.491 e. The smallest absolute Gasteiger partial charge is 0.224 e. The van der Waals surface area contributed by atoms with Gasteiger partial charge in [-0.05, 0) is 38.1 Å². The third kappa shape index (κ3) is 5.07. The first-order valence-corrected chi connectivity index (χ1v) is 7.20. The molecule has 0 aliphatic heterocycles. The maximum atomic E-state index is 12.7. The van der Waals surface area contributed by atoms with Crippen molar-refractivity contribution in [2.75, 3.05) is 13.2 Å². The van der Waals surface area contributed by atoms with Crippen LogP contribution in [0.2, 0.25) is 0 Å². The number of aliphatic hydroxyl groups is 1. The fourth-order valence-corrected chi connectivity index (χ4v) is 1.99. The summed E-state index contributed by atoms with van der Waals surface area (Å²) in [6.45, 7) is 3.57. The molecule has 124 valence electrons. The van der Waals surface area contributed by atoms with Gasteiger partial charge in [-0.3, -0.25) is 4.79 Å². The molecule has 0 spiro atoms. The van der Waals surface area contributed by atoms with Gasteiger partial charge in [-0.1, -0.05) is 5.16 Å². The quantitative estimate of drug-likeness (QED) is 0.807. The fraction of sp³-hybridized carbons (Fsp3) is 0.375. The third-order valence-corrected chi connectivity index (χ3v) is 3.31. The summed E-state index contributed by atoms with van der Waals surface area (Å²) in [7, 11) is 0. The number of nitrogens with one attached hydrogen (secondary N) is 1. The van der Waals surface area contributed by atoms with Crippen LogP contribution in [0.4, 0.5) is 4.39 Å². The van der Waals surface area contributed by atoms with E-state index in [0.29, 0.717) is 17.2 Å². The van der Waals surface area contributed by atoms with Crippen LogP contribution in [-0.4, -0.2) is 35.4 Å². The number of aryl methyl sites for hydroxylation is 2. The van der Waals surface area contributed by atoms with Crippen molar-refractivity contribution >= 4 is 5.91 Å². The van der Waals surface area contributed by atoms with E-state index in [-0.39, 0.29) is 31.3 Å². The Morgan fingerprint density at radius 2 is 2.09 bits per heavy atom. The zero-order chi connectivity index (χ0) is 16.8. The molecular formula is C16H19FN2O4. The van der Waals surface area contributed by atoms with Gasteiger partial charge < -0.3 is 19.7 Å². The van der Waals surface area contributed by atoms with Crippen LogP contribution in [0.25, 0.3) is 0 Å². The third-order valence-electron chi connectivity index (χ3n) is 3.31. The first kappa shape index (κ1) is 17.0. The summed E-state index contributed by atoms with van der Waals surface area (Å²) in [5, 5.41) is 16.2. The SMILES string of the molecule is Cc1noc(C)c1CC(=O)NCC(O)COc1ccc(F)cc1. The number of nitrogens with zero attached hydrogens (tertiary/aromatic N) is 1. The van der Waals surface area contributed by atoms with Gasteiger partial charge in [-0.2, -0.15) is 0 Å². The molecule has 1 aromatic heterocycles. The van der Waals surface area contributed by atoms with Crippen LogP contribution < -0.4 is 10.1 Å². The monoisotopic (exact) mass is 322 g/mol. The van der Waals surface area contributed by atoms with Crippen molar-refractivity contribution in [3.8, 4) is 5.75 Å². The van der Waals surface area contributed by atoms with Crippen molar-refractivity contribution in [3.05, 3.63) is 47.1 Å². The second kappa shape index (κ2) is 7.73. The average molecular weight is 322 g/mol. The molecule has 0 saturated heterocycles. The minimum Gasteiger partial charge on any atom is -0.491 e. The predicted molar refractivity (Wildman–Crippen MR) is 80.6 cm³/mol. The van der Waals surface area contributed by atoms with E-state index in [9.17, 15) is 14.3 Å². The van der Waals surface area contributed by atoms with E-state index in [4.69, 9.17) is 9.26 Å². The van der Waals surface area contributed by atoms with Gasteiger partial charge in [0, 0.05) is 12.1 Å². The van der Waals surface area contributed by atoms with E-state index in [1.807, 2.05) is 0 Å². The molecule has 1 unspecified atom stereocenters. The molecule has 23 heavy (non-hydrogen) atoms. The van der Waals surface area contributed by atoms with E-state index in [1.54, 1.807) is 13.8 Å². The van der Waals surface area contributed by atoms with Crippen LogP contribution in [0, 0.1) is 19.7 Å². The highest BCUT2D eigenvalue weighted by Crippen LogP contribution is 2.13. The Hall–Kier alpha value is -2.41. The fourth-order valence-electron chi connectivity index (χ4n) is 1.99. The molecular weight excluding hydrogens is 303 g/mol. The van der Waals surface area contributed by atoms with Gasteiger partial charge in [0.25, 0.3) is 0 Å². The van der Waals surface area contributed by atoms with Crippen molar-refractivity contribution < 1.29 is 23.6 Å². The summed E-state index contributed by atoms with van der Waals surface area (Å²) in [4.78, 5) is 11.9. The summed E-state index contributed by atoms with van der Waals surface area (Å²) in [6.07, 6.45) is -0.721. The van der Waals surface area contributed by atoms with Crippen molar-refractivity contribution in [3.63, 3.8) is 0 Å². The number of halogens is 1. The van der Waals surface area contributed by atoms with Gasteiger partial charge in [0.2, 0.25) is 5.91 Å². The van der Waals surface area contributed by atoms with Gasteiger partial charge in [-0.25, -0.2) is 4.39 Å². The molecule has 0 saturated carbocycles. The number of ether oxygens (including phenoxy) is 1. The molecule has 1 atom stereocenters. The highest BCUT2D eigenvalue weighted by Gasteiger charge is 2.14. The molecule has 2 N–H and O–H groups in total. The van der Waals surface area contributed by atoms with Gasteiger partial charge in [-0.15, -0.1) is 0 Å². The van der Waals surface area contributed by atoms with Crippen LogP contribution in [0.15, 0.2) is 28.8 Å². The summed E-state index contributed by atoms with van der Waals surface area (Å²) in [5.41, 5.74) is 1.43. The van der Waals surface area contributed by atoms with E-state index < -0.39 is 6.10 Å². The number of hydrogen-bond acceptors (Lipinski definition) is 5. The maximum Gasteiger partial charge on any atom is 0.224 e. The number of aromatic nitrogens is 1. The van der Waals surface area contributed by atoms with Crippen LogP contribution in [0.1, 0.15) is 17.0 Å². The second-order valence-electron chi connectivity index (χ2n) is 5.20. The summed E-state index contributed by atoms with van der Waals surface area (Å²) >= 11 is 0. The number of aliphatic hydroxyl groups excluding tert-OH is 1. The van der Waals surface area contributed by atoms with Crippen molar-refractivity contribution in [2.24, 2.45) is 0 Å². The van der Waals surface area contributed by atoms with Gasteiger partial charge in [0.1, 0.15) is 30.0 Å². The summed E-state index contributed by atoms with van der Waals surface area (Å²) in [5.74, 6) is 0.468. The number of hydrogen-bond donors (Lipinski definition) is 2. The van der Waals surface area contributed by atoms with Crippen molar-refractivity contribution in [2.45, 2.75) is 26.4 Å². The lowest BCUT2D eigenvalue weighted by atomic mass is 10.1. The Morgan fingerprint density at radius 3 is 2.70 bits per heavy atom.